The molecule has 0 saturated heterocycles. The lowest BCUT2D eigenvalue weighted by Crippen LogP contribution is -2.18. The van der Waals surface area contributed by atoms with Crippen LogP contribution in [0, 0.1) is 17.7 Å². The molecule has 1 aromatic carbocycles. The van der Waals surface area contributed by atoms with E-state index in [2.05, 4.69) is 5.32 Å². The summed E-state index contributed by atoms with van der Waals surface area (Å²) in [6.45, 7) is 1.11. The van der Waals surface area contributed by atoms with E-state index in [1.54, 1.807) is 6.07 Å². The number of hydrogen-bond acceptors (Lipinski definition) is 3. The minimum absolute atomic E-state index is 0.196. The molecule has 0 aromatic heterocycles. The van der Waals surface area contributed by atoms with Crippen molar-refractivity contribution in [2.24, 2.45) is 11.8 Å². The molecule has 2 rings (SSSR count). The lowest BCUT2D eigenvalue weighted by molar-refractivity contribution is -0.138. The molecule has 0 radical (unpaired) electrons. The van der Waals surface area contributed by atoms with Gasteiger partial charge in [0.15, 0.2) is 0 Å². The van der Waals surface area contributed by atoms with Gasteiger partial charge in [-0.3, -0.25) is 4.79 Å². The van der Waals surface area contributed by atoms with Crippen molar-refractivity contribution in [2.45, 2.75) is 13.0 Å². The van der Waals surface area contributed by atoms with Crippen LogP contribution in [0.3, 0.4) is 0 Å². The maximum Gasteiger partial charge on any atom is 0.306 e. The van der Waals surface area contributed by atoms with E-state index in [-0.39, 0.29) is 17.7 Å². The Morgan fingerprint density at radius 1 is 1.61 bits per heavy atom. The van der Waals surface area contributed by atoms with Gasteiger partial charge in [-0.2, -0.15) is 0 Å². The summed E-state index contributed by atoms with van der Waals surface area (Å²) in [5, 5.41) is 11.9. The van der Waals surface area contributed by atoms with E-state index in [0.29, 0.717) is 18.8 Å². The van der Waals surface area contributed by atoms with Gasteiger partial charge in [-0.15, -0.1) is 0 Å². The number of carboxylic acids is 1. The van der Waals surface area contributed by atoms with Crippen LogP contribution in [0.2, 0.25) is 0 Å². The molecular formula is C13H16FNO3. The van der Waals surface area contributed by atoms with Crippen molar-refractivity contribution in [1.82, 2.24) is 5.32 Å². The molecule has 1 aliphatic carbocycles. The molecule has 0 heterocycles. The predicted octanol–water partition coefficient (Wildman–Crippen LogP) is 1.64. The molecular weight excluding hydrogens is 237 g/mol. The molecule has 2 N–H and O–H groups in total. The second kappa shape index (κ2) is 5.35. The summed E-state index contributed by atoms with van der Waals surface area (Å²) < 4.78 is 18.2. The van der Waals surface area contributed by atoms with E-state index in [1.807, 2.05) is 0 Å². The van der Waals surface area contributed by atoms with Gasteiger partial charge >= 0.3 is 5.97 Å². The summed E-state index contributed by atoms with van der Waals surface area (Å²) in [6.07, 6.45) is 0.725. The third kappa shape index (κ3) is 2.98. The smallest absolute Gasteiger partial charge is 0.306 e. The summed E-state index contributed by atoms with van der Waals surface area (Å²) in [5.74, 6) is -0.420. The number of nitrogens with one attached hydrogen (secondary N) is 1. The Kier molecular flexibility index (Phi) is 3.81. The maximum absolute atomic E-state index is 13.1. The maximum atomic E-state index is 13.1. The first-order valence-corrected chi connectivity index (χ1v) is 5.87. The van der Waals surface area contributed by atoms with Gasteiger partial charge in [-0.1, -0.05) is 0 Å². The number of halogens is 1. The van der Waals surface area contributed by atoms with Gasteiger partial charge in [-0.05, 0) is 37.1 Å². The zero-order valence-corrected chi connectivity index (χ0v) is 10.1. The number of rotatable bonds is 6. The molecule has 98 valence electrons. The fourth-order valence-corrected chi connectivity index (χ4v) is 2.05. The van der Waals surface area contributed by atoms with Crippen LogP contribution in [-0.4, -0.2) is 24.7 Å². The fraction of sp³-hybridized carbons (Fsp3) is 0.462. The summed E-state index contributed by atoms with van der Waals surface area (Å²) in [5.41, 5.74) is 0.741. The van der Waals surface area contributed by atoms with Crippen molar-refractivity contribution >= 4 is 5.97 Å². The summed E-state index contributed by atoms with van der Waals surface area (Å²) in [7, 11) is 1.54. The fourth-order valence-electron chi connectivity index (χ4n) is 2.05. The van der Waals surface area contributed by atoms with Gasteiger partial charge < -0.3 is 15.2 Å². The zero-order chi connectivity index (χ0) is 13.1. The highest BCUT2D eigenvalue weighted by Crippen LogP contribution is 2.37. The number of carboxylic acid groups (broad SMARTS) is 1. The van der Waals surface area contributed by atoms with Crippen LogP contribution >= 0.6 is 0 Å². The molecule has 1 saturated carbocycles. The largest absolute Gasteiger partial charge is 0.496 e. The van der Waals surface area contributed by atoms with E-state index >= 15 is 0 Å². The first kappa shape index (κ1) is 12.8. The topological polar surface area (TPSA) is 58.6 Å². The number of aliphatic carboxylic acids is 1. The quantitative estimate of drug-likeness (QED) is 0.809. The molecule has 1 aromatic rings. The van der Waals surface area contributed by atoms with Crippen molar-refractivity contribution in [1.29, 1.82) is 0 Å². The summed E-state index contributed by atoms with van der Waals surface area (Å²) in [6, 6.07) is 4.36. The van der Waals surface area contributed by atoms with Crippen molar-refractivity contribution in [2.75, 3.05) is 13.7 Å². The number of carbonyl (C=O) groups is 1. The first-order valence-electron chi connectivity index (χ1n) is 5.87. The Labute approximate surface area is 105 Å². The predicted molar refractivity (Wildman–Crippen MR) is 63.9 cm³/mol. The van der Waals surface area contributed by atoms with Crippen LogP contribution < -0.4 is 10.1 Å². The molecule has 18 heavy (non-hydrogen) atoms. The molecule has 1 aliphatic rings. The van der Waals surface area contributed by atoms with Crippen molar-refractivity contribution in [3.05, 3.63) is 29.6 Å². The number of hydrogen-bond donors (Lipinski definition) is 2. The molecule has 0 spiro atoms. The molecule has 1 fully saturated rings. The minimum atomic E-state index is -0.731. The van der Waals surface area contributed by atoms with Crippen LogP contribution in [0.4, 0.5) is 4.39 Å². The van der Waals surface area contributed by atoms with Gasteiger partial charge in [0.25, 0.3) is 0 Å². The average molecular weight is 253 g/mol. The Morgan fingerprint density at radius 3 is 3.00 bits per heavy atom. The molecule has 2 atom stereocenters. The number of methoxy groups -OCH3 is 1. The third-order valence-electron chi connectivity index (χ3n) is 3.20. The lowest BCUT2D eigenvalue weighted by atomic mass is 10.2. The second-order valence-electron chi connectivity index (χ2n) is 4.53. The van der Waals surface area contributed by atoms with E-state index < -0.39 is 5.97 Å². The van der Waals surface area contributed by atoms with Crippen molar-refractivity contribution in [3.63, 3.8) is 0 Å². The highest BCUT2D eigenvalue weighted by molar-refractivity contribution is 5.73. The molecule has 4 nitrogen and oxygen atoms in total. The summed E-state index contributed by atoms with van der Waals surface area (Å²) in [4.78, 5) is 10.7. The van der Waals surface area contributed by atoms with Crippen LogP contribution in [0.25, 0.3) is 0 Å². The SMILES string of the molecule is COc1ccc(F)cc1CNCC1CC1C(=O)O. The minimum Gasteiger partial charge on any atom is -0.496 e. The monoisotopic (exact) mass is 253 g/mol. The molecule has 0 aliphatic heterocycles. The normalized spacial score (nSPS) is 21.7. The highest BCUT2D eigenvalue weighted by Gasteiger charge is 2.42. The number of ether oxygens (including phenoxy) is 1. The Morgan fingerprint density at radius 2 is 2.39 bits per heavy atom. The van der Waals surface area contributed by atoms with Gasteiger partial charge in [0, 0.05) is 12.1 Å². The van der Waals surface area contributed by atoms with E-state index in [1.165, 1.54) is 19.2 Å². The highest BCUT2D eigenvalue weighted by atomic mass is 19.1. The van der Waals surface area contributed by atoms with E-state index in [9.17, 15) is 9.18 Å². The van der Waals surface area contributed by atoms with Crippen LogP contribution in [0.1, 0.15) is 12.0 Å². The van der Waals surface area contributed by atoms with Crippen molar-refractivity contribution in [3.8, 4) is 5.75 Å². The third-order valence-corrected chi connectivity index (χ3v) is 3.20. The van der Waals surface area contributed by atoms with Crippen LogP contribution in [-0.2, 0) is 11.3 Å². The molecule has 5 heteroatoms. The number of benzene rings is 1. The van der Waals surface area contributed by atoms with Gasteiger partial charge in [0.1, 0.15) is 11.6 Å². The van der Waals surface area contributed by atoms with Gasteiger partial charge in [-0.25, -0.2) is 4.39 Å². The van der Waals surface area contributed by atoms with Crippen molar-refractivity contribution < 1.29 is 19.0 Å². The van der Waals surface area contributed by atoms with E-state index in [4.69, 9.17) is 9.84 Å². The van der Waals surface area contributed by atoms with Gasteiger partial charge in [0.05, 0.1) is 13.0 Å². The Balaban J connectivity index is 1.83. The molecule has 0 bridgehead atoms. The Bertz CT molecular complexity index is 450. The lowest BCUT2D eigenvalue weighted by Gasteiger charge is -2.09. The summed E-state index contributed by atoms with van der Waals surface area (Å²) >= 11 is 0. The van der Waals surface area contributed by atoms with Crippen LogP contribution in [0.15, 0.2) is 18.2 Å². The molecule has 0 amide bonds. The Hall–Kier alpha value is -1.62. The van der Waals surface area contributed by atoms with Gasteiger partial charge in [0.2, 0.25) is 0 Å². The van der Waals surface area contributed by atoms with E-state index in [0.717, 1.165) is 12.0 Å². The second-order valence-corrected chi connectivity index (χ2v) is 4.53. The molecule has 2 unspecified atom stereocenters. The standard InChI is InChI=1S/C13H16FNO3/c1-18-12-3-2-10(14)4-9(12)7-15-6-8-5-11(8)13(16)17/h2-4,8,11,15H,5-7H2,1H3,(H,16,17). The average Bonchev–Trinajstić information content (AvgIpc) is 3.09. The van der Waals surface area contributed by atoms with Crippen LogP contribution in [0.5, 0.6) is 5.75 Å². The first-order chi connectivity index (χ1) is 8.61. The zero-order valence-electron chi connectivity index (χ0n) is 10.1.